The predicted molar refractivity (Wildman–Crippen MR) is 101 cm³/mol. The van der Waals surface area contributed by atoms with Crippen molar-refractivity contribution in [1.29, 1.82) is 0 Å². The third kappa shape index (κ3) is 3.44. The number of aromatic nitrogens is 4. The van der Waals surface area contributed by atoms with Crippen LogP contribution < -0.4 is 10.6 Å². The van der Waals surface area contributed by atoms with Gasteiger partial charge in [0.25, 0.3) is 5.92 Å². The van der Waals surface area contributed by atoms with Crippen LogP contribution in [0.1, 0.15) is 15.7 Å². The van der Waals surface area contributed by atoms with Gasteiger partial charge in [0.2, 0.25) is 5.95 Å². The lowest BCUT2D eigenvalue weighted by Gasteiger charge is -2.15. The molecule has 3 heterocycles. The van der Waals surface area contributed by atoms with Gasteiger partial charge in [-0.3, -0.25) is 0 Å². The first kappa shape index (κ1) is 17.3. The zero-order valence-corrected chi connectivity index (χ0v) is 14.3. The maximum absolute atomic E-state index is 14.1. The highest BCUT2D eigenvalue weighted by Gasteiger charge is 2.46. The van der Waals surface area contributed by atoms with Crippen molar-refractivity contribution in [2.75, 3.05) is 17.2 Å². The number of nitrogens with one attached hydrogen (secondary N) is 3. The Morgan fingerprint density at radius 2 is 2.15 bits per heavy atom. The number of fused-ring (bicyclic) bond motifs is 1. The van der Waals surface area contributed by atoms with Gasteiger partial charge >= 0.3 is 0 Å². The molecule has 0 bridgehead atoms. The van der Waals surface area contributed by atoms with Crippen LogP contribution in [0.4, 0.5) is 24.9 Å². The van der Waals surface area contributed by atoms with E-state index in [1.807, 2.05) is 0 Å². The molecular weight excluding hydrogens is 357 g/mol. The van der Waals surface area contributed by atoms with Crippen LogP contribution in [-0.4, -0.2) is 32.4 Å². The van der Waals surface area contributed by atoms with Gasteiger partial charge in [0.1, 0.15) is 5.65 Å². The standard InChI is InChI=1S/C18H17F3N6.2H2/c1-2-22-16-14(19)5-10(6-23-16)12-7-24-15-13(12)8-25-17(27-15)26-9-18(20,21)11-3-4-11;;/h2,5-8,11H,1,3-4,9H2,(H,22,23)(H2,24,25,26,27);2*1H. The summed E-state index contributed by atoms with van der Waals surface area (Å²) in [5, 5.41) is 5.84. The average Bonchev–Trinajstić information content (AvgIpc) is 3.43. The molecule has 0 amide bonds. The summed E-state index contributed by atoms with van der Waals surface area (Å²) >= 11 is 0. The Kier molecular flexibility index (Phi) is 4.21. The fourth-order valence-corrected chi connectivity index (χ4v) is 2.87. The van der Waals surface area contributed by atoms with Crippen molar-refractivity contribution < 1.29 is 16.0 Å². The summed E-state index contributed by atoms with van der Waals surface area (Å²) in [4.78, 5) is 15.3. The lowest BCUT2D eigenvalue weighted by atomic mass is 10.1. The van der Waals surface area contributed by atoms with Crippen molar-refractivity contribution in [2.24, 2.45) is 5.92 Å². The van der Waals surface area contributed by atoms with Crippen molar-refractivity contribution >= 4 is 22.8 Å². The fraction of sp³-hybridized carbons (Fsp3) is 0.278. The largest absolute Gasteiger partial charge is 0.348 e. The van der Waals surface area contributed by atoms with E-state index in [1.54, 1.807) is 6.20 Å². The fourth-order valence-electron chi connectivity index (χ4n) is 2.87. The molecule has 0 unspecified atom stereocenters. The molecule has 27 heavy (non-hydrogen) atoms. The van der Waals surface area contributed by atoms with Gasteiger partial charge in [0.05, 0.1) is 6.54 Å². The molecule has 3 aromatic heterocycles. The molecule has 4 rings (SSSR count). The summed E-state index contributed by atoms with van der Waals surface area (Å²) < 4.78 is 41.6. The Balaban J connectivity index is 0.00000150. The molecule has 1 aliphatic carbocycles. The first-order valence-corrected chi connectivity index (χ1v) is 8.47. The van der Waals surface area contributed by atoms with E-state index in [0.717, 1.165) is 0 Å². The summed E-state index contributed by atoms with van der Waals surface area (Å²) in [6, 6.07) is 1.34. The van der Waals surface area contributed by atoms with E-state index in [2.05, 4.69) is 37.1 Å². The third-order valence-corrected chi connectivity index (χ3v) is 4.48. The topological polar surface area (TPSA) is 78.5 Å². The summed E-state index contributed by atoms with van der Waals surface area (Å²) in [6.07, 6.45) is 7.13. The Labute approximate surface area is 155 Å². The van der Waals surface area contributed by atoms with E-state index >= 15 is 0 Å². The van der Waals surface area contributed by atoms with E-state index in [1.165, 1.54) is 24.7 Å². The van der Waals surface area contributed by atoms with E-state index in [4.69, 9.17) is 0 Å². The number of aromatic amines is 1. The molecule has 1 aliphatic rings. The monoisotopic (exact) mass is 378 g/mol. The number of anilines is 2. The van der Waals surface area contributed by atoms with Crippen molar-refractivity contribution in [3.63, 3.8) is 0 Å². The minimum atomic E-state index is -2.76. The number of H-pyrrole nitrogens is 1. The summed E-state index contributed by atoms with van der Waals surface area (Å²) in [5.74, 6) is -3.64. The van der Waals surface area contributed by atoms with E-state index in [0.29, 0.717) is 35.0 Å². The van der Waals surface area contributed by atoms with Crippen molar-refractivity contribution in [3.8, 4) is 11.1 Å². The van der Waals surface area contributed by atoms with E-state index in [9.17, 15) is 13.2 Å². The van der Waals surface area contributed by atoms with Crippen LogP contribution >= 0.6 is 0 Å². The van der Waals surface area contributed by atoms with Crippen molar-refractivity contribution in [3.05, 3.63) is 43.3 Å². The molecule has 1 saturated carbocycles. The normalized spacial score (nSPS) is 14.3. The Morgan fingerprint density at radius 1 is 1.33 bits per heavy atom. The minimum absolute atomic E-state index is 0. The van der Waals surface area contributed by atoms with Crippen LogP contribution in [0, 0.1) is 11.7 Å². The van der Waals surface area contributed by atoms with Crippen LogP contribution in [0.5, 0.6) is 0 Å². The second kappa shape index (κ2) is 6.57. The van der Waals surface area contributed by atoms with Gasteiger partial charge in [-0.25, -0.2) is 23.1 Å². The molecule has 1 fully saturated rings. The highest BCUT2D eigenvalue weighted by molar-refractivity contribution is 5.93. The number of alkyl halides is 2. The maximum Gasteiger partial charge on any atom is 0.267 e. The van der Waals surface area contributed by atoms with Gasteiger partial charge in [-0.1, -0.05) is 6.58 Å². The Hall–Kier alpha value is -3.10. The number of pyridine rings is 1. The molecule has 3 N–H and O–H groups in total. The quantitative estimate of drug-likeness (QED) is 0.557. The molecule has 0 radical (unpaired) electrons. The number of hydrogen-bond acceptors (Lipinski definition) is 5. The molecular formula is C18H21F3N6. The zero-order valence-electron chi connectivity index (χ0n) is 14.3. The summed E-state index contributed by atoms with van der Waals surface area (Å²) in [7, 11) is 0. The molecule has 3 aromatic rings. The first-order chi connectivity index (χ1) is 13.0. The molecule has 144 valence electrons. The van der Waals surface area contributed by atoms with Crippen LogP contribution in [0.3, 0.4) is 0 Å². The SMILES string of the molecule is C=CNc1ncc(-c2c[nH]c3nc(NCC(F)(F)C4CC4)ncc23)cc1F.[HH].[HH]. The summed E-state index contributed by atoms with van der Waals surface area (Å²) in [6.45, 7) is 2.97. The second-order valence-corrected chi connectivity index (χ2v) is 6.45. The highest BCUT2D eigenvalue weighted by Crippen LogP contribution is 2.43. The van der Waals surface area contributed by atoms with Gasteiger partial charge in [-0.15, -0.1) is 0 Å². The van der Waals surface area contributed by atoms with Crippen LogP contribution in [0.15, 0.2) is 37.4 Å². The molecule has 6 nitrogen and oxygen atoms in total. The van der Waals surface area contributed by atoms with Crippen LogP contribution in [0.25, 0.3) is 22.2 Å². The van der Waals surface area contributed by atoms with Crippen LogP contribution in [-0.2, 0) is 0 Å². The molecule has 0 spiro atoms. The predicted octanol–water partition coefficient (Wildman–Crippen LogP) is 4.66. The molecule has 0 atom stereocenters. The lowest BCUT2D eigenvalue weighted by molar-refractivity contribution is -0.00831. The number of rotatable bonds is 7. The smallest absolute Gasteiger partial charge is 0.267 e. The molecule has 0 saturated heterocycles. The number of hydrogen-bond donors (Lipinski definition) is 3. The second-order valence-electron chi connectivity index (χ2n) is 6.45. The average molecular weight is 378 g/mol. The Morgan fingerprint density at radius 3 is 2.85 bits per heavy atom. The van der Waals surface area contributed by atoms with E-state index in [-0.39, 0.29) is 14.6 Å². The molecule has 0 aliphatic heterocycles. The van der Waals surface area contributed by atoms with Gasteiger partial charge < -0.3 is 15.6 Å². The van der Waals surface area contributed by atoms with Gasteiger partial charge in [-0.2, -0.15) is 4.98 Å². The zero-order chi connectivity index (χ0) is 19.0. The minimum Gasteiger partial charge on any atom is -0.348 e. The van der Waals surface area contributed by atoms with Gasteiger partial charge in [0.15, 0.2) is 11.6 Å². The first-order valence-electron chi connectivity index (χ1n) is 8.47. The summed E-state index contributed by atoms with van der Waals surface area (Å²) in [5.41, 5.74) is 1.67. The van der Waals surface area contributed by atoms with Gasteiger partial charge in [-0.05, 0) is 25.1 Å². The van der Waals surface area contributed by atoms with Crippen molar-refractivity contribution in [2.45, 2.75) is 18.8 Å². The Bertz CT molecular complexity index is 1010. The lowest BCUT2D eigenvalue weighted by Crippen LogP contribution is -2.29. The van der Waals surface area contributed by atoms with E-state index < -0.39 is 24.2 Å². The highest BCUT2D eigenvalue weighted by atomic mass is 19.3. The maximum atomic E-state index is 14.1. The molecule has 9 heteroatoms. The molecule has 0 aromatic carbocycles. The number of halogens is 3. The third-order valence-electron chi connectivity index (χ3n) is 4.48. The van der Waals surface area contributed by atoms with Crippen molar-refractivity contribution in [1.82, 2.24) is 19.9 Å². The van der Waals surface area contributed by atoms with Gasteiger partial charge in [0, 0.05) is 43.9 Å². The van der Waals surface area contributed by atoms with Crippen LogP contribution in [0.2, 0.25) is 0 Å². The number of nitrogens with zero attached hydrogens (tertiary/aromatic N) is 3.